The van der Waals surface area contributed by atoms with Crippen LogP contribution in [0.2, 0.25) is 0 Å². The zero-order valence-corrected chi connectivity index (χ0v) is 47.7. The van der Waals surface area contributed by atoms with Crippen LogP contribution in [0.3, 0.4) is 0 Å². The SMILES string of the molecule is C/C=C/CCOC(=O)CC1=CC(COC(=O)CC(COC(=O)CCCCCCCC)CC(=O)OCCCCCCCC)CCC1COC(=O)CC(COC(=O)CCCCCCCC)CC(=O)OCCCCCCCC. The second kappa shape index (κ2) is 48.2. The molecule has 0 amide bonds. The third-order valence-electron chi connectivity index (χ3n) is 13.7. The van der Waals surface area contributed by atoms with Gasteiger partial charge in [0, 0.05) is 36.5 Å². The van der Waals surface area contributed by atoms with E-state index >= 15 is 0 Å². The smallest absolute Gasteiger partial charge is 0.309 e. The molecule has 0 spiro atoms. The zero-order chi connectivity index (χ0) is 55.0. The Morgan fingerprint density at radius 2 is 0.827 bits per heavy atom. The van der Waals surface area contributed by atoms with Gasteiger partial charge >= 0.3 is 41.8 Å². The average Bonchev–Trinajstić information content (AvgIpc) is 3.39. The van der Waals surface area contributed by atoms with Crippen molar-refractivity contribution in [1.82, 2.24) is 0 Å². The highest BCUT2D eigenvalue weighted by Gasteiger charge is 2.29. The lowest BCUT2D eigenvalue weighted by Crippen LogP contribution is -2.27. The van der Waals surface area contributed by atoms with Crippen LogP contribution >= 0.6 is 0 Å². The lowest BCUT2D eigenvalue weighted by molar-refractivity contribution is -0.154. The van der Waals surface area contributed by atoms with E-state index in [0.29, 0.717) is 38.0 Å². The van der Waals surface area contributed by atoms with Crippen LogP contribution in [0.4, 0.5) is 0 Å². The maximum absolute atomic E-state index is 13.5. The highest BCUT2D eigenvalue weighted by atomic mass is 16.6. The fraction of sp³-hybridized carbons (Fsp3) is 0.820. The molecule has 14 nitrogen and oxygen atoms in total. The minimum Gasteiger partial charge on any atom is -0.466 e. The molecule has 1 rings (SSSR count). The van der Waals surface area contributed by atoms with Crippen LogP contribution in [0.25, 0.3) is 0 Å². The van der Waals surface area contributed by atoms with Crippen LogP contribution < -0.4 is 0 Å². The maximum Gasteiger partial charge on any atom is 0.309 e. The standard InChI is InChI=1S/C61H104O14/c1-6-11-16-20-24-28-33-55(62)72-47-51(41-57(64)69-38-31-26-22-18-13-8-3)43-59(66)74-46-50-35-36-53(54(40-50)45-61(68)71-37-30-15-10-5)49-75-60(67)44-52(42-58(65)70-39-32-27-23-19-14-9-4)48-73-56(63)34-29-25-21-17-12-7-2/h10,15,40,50-53H,6-9,11-14,16-39,41-49H2,1-5H3/b15-10+. The maximum atomic E-state index is 13.5. The van der Waals surface area contributed by atoms with Crippen LogP contribution in [-0.4, -0.2) is 88.0 Å². The number of rotatable bonds is 49. The molecule has 1 aliphatic rings. The quantitative estimate of drug-likeness (QED) is 0.0243. The summed E-state index contributed by atoms with van der Waals surface area (Å²) in [4.78, 5) is 91.2. The summed E-state index contributed by atoms with van der Waals surface area (Å²) < 4.78 is 39.3. The van der Waals surface area contributed by atoms with Gasteiger partial charge in [-0.1, -0.05) is 180 Å². The number of hydrogen-bond donors (Lipinski definition) is 0. The number of unbranched alkanes of at least 4 members (excludes halogenated alkanes) is 20. The van der Waals surface area contributed by atoms with E-state index in [9.17, 15) is 33.6 Å². The fourth-order valence-corrected chi connectivity index (χ4v) is 9.03. The molecule has 0 aromatic heterocycles. The van der Waals surface area contributed by atoms with Crippen molar-refractivity contribution in [2.24, 2.45) is 23.7 Å². The Balaban J connectivity index is 3.03. The Morgan fingerprint density at radius 3 is 1.27 bits per heavy atom. The van der Waals surface area contributed by atoms with Gasteiger partial charge in [0.15, 0.2) is 0 Å². The van der Waals surface area contributed by atoms with Crippen molar-refractivity contribution in [3.05, 3.63) is 23.8 Å². The first kappa shape index (κ1) is 68.8. The van der Waals surface area contributed by atoms with E-state index in [1.807, 2.05) is 25.2 Å². The van der Waals surface area contributed by atoms with Gasteiger partial charge < -0.3 is 33.2 Å². The second-order valence-corrected chi connectivity index (χ2v) is 20.8. The molecule has 4 atom stereocenters. The van der Waals surface area contributed by atoms with Crippen molar-refractivity contribution in [2.45, 2.75) is 253 Å². The minimum atomic E-state index is -0.636. The van der Waals surface area contributed by atoms with E-state index in [1.165, 1.54) is 25.7 Å². The van der Waals surface area contributed by atoms with Gasteiger partial charge in [0.05, 0.1) is 78.4 Å². The summed E-state index contributed by atoms with van der Waals surface area (Å²) in [5.74, 6) is -4.99. The van der Waals surface area contributed by atoms with Crippen molar-refractivity contribution in [1.29, 1.82) is 0 Å². The molecular formula is C61H104O14. The number of allylic oxidation sites excluding steroid dienone is 1. The number of hydrogen-bond acceptors (Lipinski definition) is 14. The monoisotopic (exact) mass is 1060 g/mol. The fourth-order valence-electron chi connectivity index (χ4n) is 9.03. The number of carbonyl (C=O) groups is 7. The van der Waals surface area contributed by atoms with Gasteiger partial charge in [0.25, 0.3) is 0 Å². The predicted molar refractivity (Wildman–Crippen MR) is 293 cm³/mol. The highest BCUT2D eigenvalue weighted by Crippen LogP contribution is 2.32. The van der Waals surface area contributed by atoms with Gasteiger partial charge in [-0.3, -0.25) is 33.6 Å². The topological polar surface area (TPSA) is 184 Å². The predicted octanol–water partition coefficient (Wildman–Crippen LogP) is 14.1. The van der Waals surface area contributed by atoms with Crippen molar-refractivity contribution in [3.63, 3.8) is 0 Å². The molecule has 0 radical (unpaired) electrons. The number of esters is 7. The van der Waals surface area contributed by atoms with Gasteiger partial charge in [0.2, 0.25) is 0 Å². The largest absolute Gasteiger partial charge is 0.466 e. The van der Waals surface area contributed by atoms with E-state index in [1.54, 1.807) is 0 Å². The molecular weight excluding hydrogens is 957 g/mol. The normalized spacial score (nSPS) is 15.1. The molecule has 14 heteroatoms. The minimum absolute atomic E-state index is 0.0203. The first-order chi connectivity index (χ1) is 36.4. The average molecular weight is 1060 g/mol. The Kier molecular flexibility index (Phi) is 44.2. The molecule has 0 aliphatic heterocycles. The third kappa shape index (κ3) is 40.7. The van der Waals surface area contributed by atoms with E-state index in [2.05, 4.69) is 27.7 Å². The molecule has 0 N–H and O–H groups in total. The summed E-state index contributed by atoms with van der Waals surface area (Å²) in [5, 5.41) is 0. The van der Waals surface area contributed by atoms with Gasteiger partial charge in [-0.2, -0.15) is 0 Å². The molecule has 0 saturated carbocycles. The van der Waals surface area contributed by atoms with Gasteiger partial charge in [-0.05, 0) is 51.9 Å². The first-order valence-corrected chi connectivity index (χ1v) is 29.8. The van der Waals surface area contributed by atoms with Crippen LogP contribution in [0.15, 0.2) is 23.8 Å². The molecule has 1 aliphatic carbocycles. The molecule has 0 saturated heterocycles. The molecule has 0 heterocycles. The van der Waals surface area contributed by atoms with Gasteiger partial charge in [-0.15, -0.1) is 0 Å². The Bertz CT molecular complexity index is 1590. The number of carbonyl (C=O) groups excluding carboxylic acids is 7. The summed E-state index contributed by atoms with van der Waals surface area (Å²) in [6.07, 6.45) is 32.3. The number of ether oxygens (including phenoxy) is 7. The summed E-state index contributed by atoms with van der Waals surface area (Å²) in [7, 11) is 0. The van der Waals surface area contributed by atoms with Gasteiger partial charge in [0.1, 0.15) is 0 Å². The van der Waals surface area contributed by atoms with E-state index in [-0.39, 0.29) is 102 Å². The lowest BCUT2D eigenvalue weighted by atomic mass is 9.81. The van der Waals surface area contributed by atoms with E-state index in [0.717, 1.165) is 128 Å². The molecule has 432 valence electrons. The van der Waals surface area contributed by atoms with Crippen molar-refractivity contribution >= 4 is 41.8 Å². The molecule has 0 bridgehead atoms. The zero-order valence-electron chi connectivity index (χ0n) is 47.7. The molecule has 0 fully saturated rings. The highest BCUT2D eigenvalue weighted by molar-refractivity contribution is 5.75. The summed E-state index contributed by atoms with van der Waals surface area (Å²) in [6, 6.07) is 0. The van der Waals surface area contributed by atoms with Crippen molar-refractivity contribution < 1.29 is 66.7 Å². The molecule has 0 aromatic rings. The van der Waals surface area contributed by atoms with E-state index < -0.39 is 41.7 Å². The van der Waals surface area contributed by atoms with Crippen LogP contribution in [0.5, 0.6) is 0 Å². The van der Waals surface area contributed by atoms with Crippen molar-refractivity contribution in [3.8, 4) is 0 Å². The molecule has 0 aromatic carbocycles. The Labute approximate surface area is 453 Å². The molecule has 75 heavy (non-hydrogen) atoms. The second-order valence-electron chi connectivity index (χ2n) is 20.8. The Hall–Kier alpha value is -4.23. The van der Waals surface area contributed by atoms with Gasteiger partial charge in [-0.25, -0.2) is 0 Å². The summed E-state index contributed by atoms with van der Waals surface area (Å²) >= 11 is 0. The van der Waals surface area contributed by atoms with Crippen LogP contribution in [0, 0.1) is 23.7 Å². The summed E-state index contributed by atoms with van der Waals surface area (Å²) in [5.41, 5.74) is 0.702. The van der Waals surface area contributed by atoms with Crippen molar-refractivity contribution in [2.75, 3.05) is 46.2 Å². The first-order valence-electron chi connectivity index (χ1n) is 29.8. The summed E-state index contributed by atoms with van der Waals surface area (Å²) in [6.45, 7) is 11.1. The van der Waals surface area contributed by atoms with E-state index in [4.69, 9.17) is 33.2 Å². The van der Waals surface area contributed by atoms with Crippen LogP contribution in [0.1, 0.15) is 253 Å². The molecule has 4 unspecified atom stereocenters. The Morgan fingerprint density at radius 1 is 0.440 bits per heavy atom. The lowest BCUT2D eigenvalue weighted by Gasteiger charge is -2.28. The van der Waals surface area contributed by atoms with Crippen LogP contribution in [-0.2, 0) is 66.7 Å². The third-order valence-corrected chi connectivity index (χ3v) is 13.7.